The van der Waals surface area contributed by atoms with Crippen molar-refractivity contribution in [3.8, 4) is 0 Å². The van der Waals surface area contributed by atoms with Gasteiger partial charge in [0.25, 0.3) is 5.91 Å². The van der Waals surface area contributed by atoms with Gasteiger partial charge in [-0.3, -0.25) is 9.69 Å². The minimum Gasteiger partial charge on any atom is -0.475 e. The van der Waals surface area contributed by atoms with Crippen LogP contribution in [0.5, 0.6) is 0 Å². The molecule has 0 bridgehead atoms. The van der Waals surface area contributed by atoms with Crippen LogP contribution >= 0.6 is 11.3 Å². The van der Waals surface area contributed by atoms with Crippen LogP contribution in [0.15, 0.2) is 11.6 Å². The van der Waals surface area contributed by atoms with Gasteiger partial charge in [-0.05, 0) is 6.42 Å². The van der Waals surface area contributed by atoms with Crippen LogP contribution in [-0.2, 0) is 25.6 Å². The number of hydrogen-bond acceptors (Lipinski definition) is 7. The number of amides is 1. The molecule has 3 saturated heterocycles. The number of carboxylic acid groups (broad SMARTS) is 1. The molecule has 3 aliphatic heterocycles. The Balaban J connectivity index is 0.000000298. The van der Waals surface area contributed by atoms with Crippen LogP contribution < -0.4 is 0 Å². The summed E-state index contributed by atoms with van der Waals surface area (Å²) in [7, 11) is 0. The first-order valence-electron chi connectivity index (χ1n) is 9.20. The summed E-state index contributed by atoms with van der Waals surface area (Å²) in [5.41, 5.74) is 0. The monoisotopic (exact) mass is 437 g/mol. The van der Waals surface area contributed by atoms with E-state index in [2.05, 4.69) is 9.88 Å². The van der Waals surface area contributed by atoms with Gasteiger partial charge < -0.3 is 19.5 Å². The lowest BCUT2D eigenvalue weighted by Gasteiger charge is -2.29. The van der Waals surface area contributed by atoms with E-state index in [1.807, 2.05) is 16.5 Å². The van der Waals surface area contributed by atoms with E-state index in [1.165, 1.54) is 0 Å². The third-order valence-corrected chi connectivity index (χ3v) is 5.82. The van der Waals surface area contributed by atoms with E-state index in [0.29, 0.717) is 32.3 Å². The van der Waals surface area contributed by atoms with E-state index in [9.17, 15) is 18.0 Å². The first-order chi connectivity index (χ1) is 13.8. The van der Waals surface area contributed by atoms with Crippen molar-refractivity contribution in [3.63, 3.8) is 0 Å². The van der Waals surface area contributed by atoms with E-state index in [1.54, 1.807) is 11.3 Å². The predicted molar refractivity (Wildman–Crippen MR) is 95.3 cm³/mol. The van der Waals surface area contributed by atoms with Crippen molar-refractivity contribution in [2.75, 3.05) is 32.8 Å². The Morgan fingerprint density at radius 1 is 1.28 bits per heavy atom. The van der Waals surface area contributed by atoms with Crippen molar-refractivity contribution >= 4 is 23.2 Å². The Kier molecular flexibility index (Phi) is 7.09. The van der Waals surface area contributed by atoms with Gasteiger partial charge in [0.1, 0.15) is 11.1 Å². The predicted octanol–water partition coefficient (Wildman–Crippen LogP) is 1.37. The lowest BCUT2D eigenvalue weighted by Crippen LogP contribution is -2.46. The molecule has 29 heavy (non-hydrogen) atoms. The maximum absolute atomic E-state index is 12.6. The van der Waals surface area contributed by atoms with Gasteiger partial charge in [-0.1, -0.05) is 0 Å². The van der Waals surface area contributed by atoms with Crippen LogP contribution in [0, 0.1) is 0 Å². The average molecular weight is 437 g/mol. The Labute approximate surface area is 169 Å². The molecule has 1 N–H and O–H groups in total. The Hall–Kier alpha value is -1.76. The number of ether oxygens (including phenoxy) is 2. The van der Waals surface area contributed by atoms with Crippen LogP contribution in [0.2, 0.25) is 0 Å². The quantitative estimate of drug-likeness (QED) is 0.764. The Bertz CT molecular complexity index is 697. The molecule has 0 unspecified atom stereocenters. The maximum Gasteiger partial charge on any atom is 0.490 e. The van der Waals surface area contributed by atoms with Crippen LogP contribution in [0.1, 0.15) is 17.8 Å². The highest BCUT2D eigenvalue weighted by Gasteiger charge is 2.46. The van der Waals surface area contributed by atoms with Crippen molar-refractivity contribution in [1.29, 1.82) is 0 Å². The number of nitrogens with zero attached hydrogens (tertiary/aromatic N) is 3. The summed E-state index contributed by atoms with van der Waals surface area (Å²) in [5, 5.41) is 10.3. The summed E-state index contributed by atoms with van der Waals surface area (Å²) < 4.78 is 43.1. The number of rotatable bonds is 3. The van der Waals surface area contributed by atoms with Crippen LogP contribution in [0.25, 0.3) is 0 Å². The van der Waals surface area contributed by atoms with Crippen molar-refractivity contribution in [1.82, 2.24) is 14.8 Å². The van der Waals surface area contributed by atoms with Gasteiger partial charge in [0.2, 0.25) is 0 Å². The maximum atomic E-state index is 12.6. The molecule has 0 saturated carbocycles. The van der Waals surface area contributed by atoms with E-state index < -0.39 is 12.1 Å². The van der Waals surface area contributed by atoms with Gasteiger partial charge in [-0.25, -0.2) is 9.78 Å². The third kappa shape index (κ3) is 5.65. The van der Waals surface area contributed by atoms with Crippen LogP contribution in [0.3, 0.4) is 0 Å². The lowest BCUT2D eigenvalue weighted by molar-refractivity contribution is -0.192. The Morgan fingerprint density at radius 2 is 1.97 bits per heavy atom. The number of likely N-dealkylation sites (tertiary alicyclic amines) is 1. The van der Waals surface area contributed by atoms with E-state index in [-0.39, 0.29) is 18.1 Å². The second kappa shape index (κ2) is 9.37. The summed E-state index contributed by atoms with van der Waals surface area (Å²) in [6.45, 7) is 4.57. The number of halogens is 3. The minimum atomic E-state index is -5.08. The Morgan fingerprint density at radius 3 is 2.55 bits per heavy atom. The first-order valence-corrected chi connectivity index (χ1v) is 10.1. The van der Waals surface area contributed by atoms with Gasteiger partial charge in [0.05, 0.1) is 25.9 Å². The molecule has 0 spiro atoms. The molecule has 162 valence electrons. The normalized spacial score (nSPS) is 27.3. The fourth-order valence-electron chi connectivity index (χ4n) is 3.68. The molecular formula is C17H22F3N3O5S. The number of aliphatic carboxylic acids is 1. The highest BCUT2D eigenvalue weighted by atomic mass is 32.1. The van der Waals surface area contributed by atoms with E-state index in [0.717, 1.165) is 30.9 Å². The number of morpholine rings is 1. The third-order valence-electron chi connectivity index (χ3n) is 5.06. The second-order valence-electron chi connectivity index (χ2n) is 6.89. The highest BCUT2D eigenvalue weighted by molar-refractivity contribution is 7.09. The number of thiazole rings is 1. The second-order valence-corrected chi connectivity index (χ2v) is 7.87. The fraction of sp³-hybridized carbons (Fsp3) is 0.706. The van der Waals surface area contributed by atoms with E-state index in [4.69, 9.17) is 19.4 Å². The number of hydrogen-bond donors (Lipinski definition) is 1. The van der Waals surface area contributed by atoms with Crippen LogP contribution in [0.4, 0.5) is 13.2 Å². The number of carbonyl (C=O) groups excluding carboxylic acids is 1. The summed E-state index contributed by atoms with van der Waals surface area (Å²) in [5.74, 6) is -2.61. The number of fused-ring (bicyclic) bond motifs is 1. The van der Waals surface area contributed by atoms with Crippen molar-refractivity contribution in [2.24, 2.45) is 0 Å². The summed E-state index contributed by atoms with van der Waals surface area (Å²) in [6, 6.07) is 0.360. The van der Waals surface area contributed by atoms with Gasteiger partial charge >= 0.3 is 12.1 Å². The SMILES string of the molecule is O=C(O)C(F)(F)F.O=C([C@H]1C[C@H]2[C@H](CCN2Cc2nccs2)O1)N1CCOCC1. The molecule has 1 amide bonds. The van der Waals surface area contributed by atoms with E-state index >= 15 is 0 Å². The first kappa shape index (κ1) is 21.9. The molecule has 3 fully saturated rings. The minimum absolute atomic E-state index is 0.145. The molecule has 12 heteroatoms. The zero-order valence-electron chi connectivity index (χ0n) is 15.5. The molecule has 8 nitrogen and oxygen atoms in total. The number of carbonyl (C=O) groups is 2. The van der Waals surface area contributed by atoms with Gasteiger partial charge in [0.15, 0.2) is 0 Å². The standard InChI is InChI=1S/C15H21N3O3S.C2HF3O2/c19-15(17-4-6-20-7-5-17)13-9-11-12(21-13)1-3-18(11)10-14-16-2-8-22-14;3-2(4,5)1(6)7/h2,8,11-13H,1,3-7,9-10H2;(H,6,7)/t11-,12-,13+;/m0./s1. The zero-order valence-corrected chi connectivity index (χ0v) is 16.3. The van der Waals surface area contributed by atoms with Gasteiger partial charge in [0, 0.05) is 43.7 Å². The fourth-order valence-corrected chi connectivity index (χ4v) is 4.32. The molecule has 1 aromatic rings. The summed E-state index contributed by atoms with van der Waals surface area (Å²) in [4.78, 5) is 30.2. The number of carboxylic acids is 1. The molecule has 3 atom stereocenters. The number of aromatic nitrogens is 1. The largest absolute Gasteiger partial charge is 0.490 e. The van der Waals surface area contributed by atoms with Crippen molar-refractivity contribution < 1.29 is 37.3 Å². The smallest absolute Gasteiger partial charge is 0.475 e. The average Bonchev–Trinajstić information content (AvgIpc) is 3.41. The number of alkyl halides is 3. The molecular weight excluding hydrogens is 415 g/mol. The lowest BCUT2D eigenvalue weighted by atomic mass is 10.1. The summed E-state index contributed by atoms with van der Waals surface area (Å²) in [6.07, 6.45) is -1.47. The molecule has 0 radical (unpaired) electrons. The molecule has 1 aromatic heterocycles. The van der Waals surface area contributed by atoms with Gasteiger partial charge in [-0.15, -0.1) is 11.3 Å². The molecule has 0 aromatic carbocycles. The molecule has 4 heterocycles. The van der Waals surface area contributed by atoms with Crippen molar-refractivity contribution in [3.05, 3.63) is 16.6 Å². The van der Waals surface area contributed by atoms with Crippen LogP contribution in [-0.4, -0.2) is 89.0 Å². The van der Waals surface area contributed by atoms with Crippen molar-refractivity contribution in [2.45, 2.75) is 43.8 Å². The zero-order chi connectivity index (χ0) is 21.0. The molecule has 3 aliphatic rings. The highest BCUT2D eigenvalue weighted by Crippen LogP contribution is 2.34. The van der Waals surface area contributed by atoms with Gasteiger partial charge in [-0.2, -0.15) is 13.2 Å². The molecule has 4 rings (SSSR count). The molecule has 0 aliphatic carbocycles. The summed E-state index contributed by atoms with van der Waals surface area (Å²) >= 11 is 1.69. The topological polar surface area (TPSA) is 92.2 Å².